The number of phenolic OH excluding ortho intramolecular Hbond substituents is 1. The van der Waals surface area contributed by atoms with Crippen molar-refractivity contribution < 1.29 is 23.1 Å². The fourth-order valence-corrected chi connectivity index (χ4v) is 4.44. The van der Waals surface area contributed by atoms with Gasteiger partial charge in [0.05, 0.1) is 11.5 Å². The Morgan fingerprint density at radius 1 is 1.18 bits per heavy atom. The summed E-state index contributed by atoms with van der Waals surface area (Å²) >= 11 is 0. The molecule has 3 aromatic rings. The number of carbonyl (C=O) groups excluding carboxylic acids is 1. The van der Waals surface area contributed by atoms with Gasteiger partial charge in [0, 0.05) is 17.3 Å². The smallest absolute Gasteiger partial charge is 0.341 e. The van der Waals surface area contributed by atoms with Crippen LogP contribution in [0.3, 0.4) is 0 Å². The first kappa shape index (κ1) is 24.6. The number of sulfone groups is 1. The van der Waals surface area contributed by atoms with E-state index in [1.54, 1.807) is 37.4 Å². The fraction of sp³-hybridized carbons (Fsp3) is 0.154. The van der Waals surface area contributed by atoms with Crippen LogP contribution < -0.4 is 5.32 Å². The predicted octanol–water partition coefficient (Wildman–Crippen LogP) is 4.07. The van der Waals surface area contributed by atoms with Crippen molar-refractivity contribution in [3.8, 4) is 17.6 Å². The Morgan fingerprint density at radius 3 is 2.59 bits per heavy atom. The fourth-order valence-electron chi connectivity index (χ4n) is 3.06. The summed E-state index contributed by atoms with van der Waals surface area (Å²) in [5.41, 5.74) is 1.74. The molecule has 0 fully saturated rings. The molecule has 1 atom stereocenters. The molecule has 174 valence electrons. The van der Waals surface area contributed by atoms with E-state index in [2.05, 4.69) is 28.7 Å². The molecule has 7 nitrogen and oxygen atoms in total. The molecule has 0 aliphatic carbocycles. The van der Waals surface area contributed by atoms with Crippen molar-refractivity contribution in [2.24, 2.45) is 0 Å². The van der Waals surface area contributed by atoms with Gasteiger partial charge in [-0.1, -0.05) is 36.6 Å². The molecule has 2 N–H and O–H groups in total. The minimum absolute atomic E-state index is 0.00897. The molecule has 0 radical (unpaired) electrons. The van der Waals surface area contributed by atoms with Gasteiger partial charge in [-0.3, -0.25) is 0 Å². The third-order valence-corrected chi connectivity index (χ3v) is 6.73. The number of nitrogens with zero attached hydrogens (tertiary/aromatic N) is 1. The van der Waals surface area contributed by atoms with Crippen LogP contribution in [-0.2, 0) is 14.6 Å². The number of nitrogens with one attached hydrogen (secondary N) is 1. The van der Waals surface area contributed by atoms with E-state index < -0.39 is 21.2 Å². The standard InChI is InChI=1S/C26H24N2O5S/c1-4-24(28-25-18(3)8-7-15-27-25)34(31,32)21-10-6-9-19(16-21)11-12-20-13-14-23(29)22(17-20)26(30)33-5-2/h4,6-10,13-17,24,29H,1,5H2,2-3H3,(H,27,28). The summed E-state index contributed by atoms with van der Waals surface area (Å²) in [7, 11) is -3.83. The van der Waals surface area contributed by atoms with E-state index in [-0.39, 0.29) is 22.8 Å². The van der Waals surface area contributed by atoms with E-state index in [4.69, 9.17) is 4.74 Å². The van der Waals surface area contributed by atoms with Crippen LogP contribution in [0.25, 0.3) is 0 Å². The number of esters is 1. The number of carbonyl (C=O) groups is 1. The quantitative estimate of drug-likeness (QED) is 0.301. The van der Waals surface area contributed by atoms with Gasteiger partial charge in [-0.15, -0.1) is 0 Å². The van der Waals surface area contributed by atoms with E-state index >= 15 is 0 Å². The Kier molecular flexibility index (Phi) is 7.71. The summed E-state index contributed by atoms with van der Waals surface area (Å²) in [5, 5.41) is 11.7. The highest BCUT2D eigenvalue weighted by Gasteiger charge is 2.25. The van der Waals surface area contributed by atoms with E-state index in [9.17, 15) is 18.3 Å². The number of rotatable bonds is 7. The van der Waals surface area contributed by atoms with Gasteiger partial charge in [0.15, 0.2) is 5.37 Å². The topological polar surface area (TPSA) is 106 Å². The highest BCUT2D eigenvalue weighted by molar-refractivity contribution is 7.92. The maximum atomic E-state index is 13.2. The number of aromatic nitrogens is 1. The molecular formula is C26H24N2O5S. The number of aromatic hydroxyl groups is 1. The van der Waals surface area contributed by atoms with Gasteiger partial charge in [0.25, 0.3) is 0 Å². The van der Waals surface area contributed by atoms with Crippen LogP contribution in [0.15, 0.2) is 78.3 Å². The molecule has 1 unspecified atom stereocenters. The van der Waals surface area contributed by atoms with Gasteiger partial charge >= 0.3 is 5.97 Å². The lowest BCUT2D eigenvalue weighted by Crippen LogP contribution is -2.28. The Morgan fingerprint density at radius 2 is 1.91 bits per heavy atom. The number of anilines is 1. The van der Waals surface area contributed by atoms with E-state index in [1.807, 2.05) is 13.0 Å². The summed E-state index contributed by atoms with van der Waals surface area (Å²) in [6.07, 6.45) is 2.89. The first-order chi connectivity index (χ1) is 16.3. The number of hydrogen-bond acceptors (Lipinski definition) is 7. The molecule has 0 saturated heterocycles. The number of pyridine rings is 1. The van der Waals surface area contributed by atoms with Crippen LogP contribution in [-0.4, -0.2) is 36.5 Å². The second-order valence-electron chi connectivity index (χ2n) is 7.24. The molecule has 0 spiro atoms. The zero-order valence-corrected chi connectivity index (χ0v) is 19.6. The molecular weight excluding hydrogens is 452 g/mol. The Balaban J connectivity index is 1.89. The number of phenols is 1. The summed E-state index contributed by atoms with van der Waals surface area (Å²) in [4.78, 5) is 16.2. The van der Waals surface area contributed by atoms with Crippen molar-refractivity contribution in [3.63, 3.8) is 0 Å². The Bertz CT molecular complexity index is 1390. The largest absolute Gasteiger partial charge is 0.507 e. The second kappa shape index (κ2) is 10.7. The first-order valence-corrected chi connectivity index (χ1v) is 12.0. The lowest BCUT2D eigenvalue weighted by Gasteiger charge is -2.17. The lowest BCUT2D eigenvalue weighted by molar-refractivity contribution is 0.0523. The average molecular weight is 477 g/mol. The zero-order chi connectivity index (χ0) is 24.7. The molecule has 3 rings (SSSR count). The first-order valence-electron chi connectivity index (χ1n) is 10.4. The summed E-state index contributed by atoms with van der Waals surface area (Å²) < 4.78 is 31.4. The van der Waals surface area contributed by atoms with Crippen molar-refractivity contribution >= 4 is 21.6 Å². The summed E-state index contributed by atoms with van der Waals surface area (Å²) in [5.74, 6) is 5.38. The Hall–Kier alpha value is -4.09. The minimum atomic E-state index is -3.83. The van der Waals surface area contributed by atoms with Crippen molar-refractivity contribution in [2.45, 2.75) is 24.1 Å². The Labute approximate surface area is 199 Å². The average Bonchev–Trinajstić information content (AvgIpc) is 2.83. The van der Waals surface area contributed by atoms with Gasteiger partial charge in [-0.25, -0.2) is 18.2 Å². The highest BCUT2D eigenvalue weighted by atomic mass is 32.2. The van der Waals surface area contributed by atoms with Crippen LogP contribution in [0.2, 0.25) is 0 Å². The molecule has 1 aromatic heterocycles. The van der Waals surface area contributed by atoms with Crippen LogP contribution in [0.1, 0.15) is 34.0 Å². The van der Waals surface area contributed by atoms with Crippen molar-refractivity contribution in [1.29, 1.82) is 0 Å². The molecule has 34 heavy (non-hydrogen) atoms. The van der Waals surface area contributed by atoms with E-state index in [0.29, 0.717) is 16.9 Å². The maximum Gasteiger partial charge on any atom is 0.341 e. The normalized spacial score (nSPS) is 11.6. The van der Waals surface area contributed by atoms with E-state index in [0.717, 1.165) is 5.56 Å². The van der Waals surface area contributed by atoms with Gasteiger partial charge < -0.3 is 15.2 Å². The van der Waals surface area contributed by atoms with Crippen LogP contribution in [0, 0.1) is 18.8 Å². The van der Waals surface area contributed by atoms with Crippen molar-refractivity contribution in [3.05, 3.63) is 95.7 Å². The lowest BCUT2D eigenvalue weighted by atomic mass is 10.1. The molecule has 1 heterocycles. The van der Waals surface area contributed by atoms with E-state index in [1.165, 1.54) is 30.3 Å². The number of benzene rings is 2. The van der Waals surface area contributed by atoms with Crippen molar-refractivity contribution in [1.82, 2.24) is 4.98 Å². The third kappa shape index (κ3) is 5.63. The predicted molar refractivity (Wildman–Crippen MR) is 130 cm³/mol. The van der Waals surface area contributed by atoms with Gasteiger partial charge in [0.2, 0.25) is 9.84 Å². The number of hydrogen-bond donors (Lipinski definition) is 2. The molecule has 0 amide bonds. The molecule has 0 aliphatic rings. The van der Waals surface area contributed by atoms with Gasteiger partial charge in [0.1, 0.15) is 17.1 Å². The third-order valence-electron chi connectivity index (χ3n) is 4.84. The molecule has 2 aromatic carbocycles. The number of ether oxygens (including phenoxy) is 1. The monoisotopic (exact) mass is 476 g/mol. The molecule has 0 aliphatic heterocycles. The van der Waals surface area contributed by atoms with Crippen LogP contribution in [0.4, 0.5) is 5.82 Å². The zero-order valence-electron chi connectivity index (χ0n) is 18.8. The van der Waals surface area contributed by atoms with Gasteiger partial charge in [-0.2, -0.15) is 0 Å². The van der Waals surface area contributed by atoms with Crippen molar-refractivity contribution in [2.75, 3.05) is 11.9 Å². The molecule has 0 bridgehead atoms. The maximum absolute atomic E-state index is 13.2. The highest BCUT2D eigenvalue weighted by Crippen LogP contribution is 2.22. The number of aryl methyl sites for hydroxylation is 1. The molecule has 0 saturated carbocycles. The van der Waals surface area contributed by atoms with Crippen LogP contribution >= 0.6 is 0 Å². The minimum Gasteiger partial charge on any atom is -0.507 e. The molecule has 8 heteroatoms. The van der Waals surface area contributed by atoms with Gasteiger partial charge in [-0.05, 0) is 61.9 Å². The SMILES string of the molecule is C=CC(Nc1ncccc1C)S(=O)(=O)c1cccc(C#Cc2ccc(O)c(C(=O)OCC)c2)c1. The summed E-state index contributed by atoms with van der Waals surface area (Å²) in [6, 6.07) is 14.2. The second-order valence-corrected chi connectivity index (χ2v) is 9.31. The summed E-state index contributed by atoms with van der Waals surface area (Å²) in [6.45, 7) is 7.34. The van der Waals surface area contributed by atoms with Crippen LogP contribution in [0.5, 0.6) is 5.75 Å².